The maximum absolute atomic E-state index is 15.0. The fourth-order valence-electron chi connectivity index (χ4n) is 2.52. The fraction of sp³-hybridized carbons (Fsp3) is 0.158. The van der Waals surface area contributed by atoms with Crippen LogP contribution in [-0.4, -0.2) is 17.0 Å². The zero-order chi connectivity index (χ0) is 18.7. The molecule has 7 heteroatoms. The Kier molecular flexibility index (Phi) is 6.20. The predicted molar refractivity (Wildman–Crippen MR) is 105 cm³/mol. The minimum Gasteiger partial charge on any atom is -0.381 e. The molecule has 0 aromatic heterocycles. The van der Waals surface area contributed by atoms with E-state index in [1.165, 1.54) is 11.8 Å². The van der Waals surface area contributed by atoms with E-state index in [2.05, 4.69) is 21.2 Å². The Morgan fingerprint density at radius 2 is 2.00 bits per heavy atom. The molecule has 1 aliphatic rings. The first kappa shape index (κ1) is 19.6. The zero-order valence-corrected chi connectivity index (χ0v) is 16.6. The highest BCUT2D eigenvalue weighted by Crippen LogP contribution is 2.34. The molecule has 2 nitrogen and oxygen atoms in total. The van der Waals surface area contributed by atoms with Crippen LogP contribution in [0.1, 0.15) is 5.56 Å². The number of hydrogen-bond donors (Lipinski definition) is 2. The van der Waals surface area contributed by atoms with Crippen LogP contribution in [0.3, 0.4) is 0 Å². The van der Waals surface area contributed by atoms with Gasteiger partial charge in [0.2, 0.25) is 5.79 Å². The third-order valence-corrected chi connectivity index (χ3v) is 5.63. The highest BCUT2D eigenvalue weighted by molar-refractivity contribution is 9.11. The molecule has 0 heterocycles. The van der Waals surface area contributed by atoms with Gasteiger partial charge in [-0.3, -0.25) is 5.32 Å². The van der Waals surface area contributed by atoms with Crippen LogP contribution in [0.2, 0.25) is 5.02 Å². The Morgan fingerprint density at radius 3 is 2.77 bits per heavy atom. The van der Waals surface area contributed by atoms with Crippen molar-refractivity contribution in [3.8, 4) is 0 Å². The number of benzene rings is 2. The summed E-state index contributed by atoms with van der Waals surface area (Å²) in [6.07, 6.45) is 0.275. The molecule has 2 N–H and O–H groups in total. The highest BCUT2D eigenvalue weighted by atomic mass is 79.9. The fourth-order valence-corrected chi connectivity index (χ4v) is 4.33. The first-order chi connectivity index (χ1) is 12.4. The monoisotopic (exact) mass is 457 g/mol. The summed E-state index contributed by atoms with van der Waals surface area (Å²) in [6.45, 7) is 0.112. The van der Waals surface area contributed by atoms with Gasteiger partial charge >= 0.3 is 0 Å². The minimum atomic E-state index is -2.40. The summed E-state index contributed by atoms with van der Waals surface area (Å²) in [7, 11) is 0. The first-order valence-electron chi connectivity index (χ1n) is 7.76. The van der Waals surface area contributed by atoms with Gasteiger partial charge in [-0.15, -0.1) is 0 Å². The molecule has 0 bridgehead atoms. The second-order valence-corrected chi connectivity index (χ2v) is 8.22. The molecule has 2 atom stereocenters. The van der Waals surface area contributed by atoms with E-state index in [-0.39, 0.29) is 11.0 Å². The Balaban J connectivity index is 1.78. The van der Waals surface area contributed by atoms with Gasteiger partial charge in [0.1, 0.15) is 5.83 Å². The molecule has 0 saturated carbocycles. The van der Waals surface area contributed by atoms with Crippen molar-refractivity contribution in [3.05, 3.63) is 81.6 Å². The average molecular weight is 459 g/mol. The second-order valence-electron chi connectivity index (χ2n) is 5.75. The Morgan fingerprint density at radius 1 is 1.23 bits per heavy atom. The summed E-state index contributed by atoms with van der Waals surface area (Å²) in [4.78, 5) is 1.87. The van der Waals surface area contributed by atoms with E-state index in [0.29, 0.717) is 5.02 Å². The van der Waals surface area contributed by atoms with Crippen molar-refractivity contribution in [2.45, 2.75) is 28.2 Å². The summed E-state index contributed by atoms with van der Waals surface area (Å²) >= 11 is 10.6. The minimum absolute atomic E-state index is 0.112. The molecule has 2 aromatic rings. The third-order valence-electron chi connectivity index (χ3n) is 3.83. The number of halogens is 4. The topological polar surface area (TPSA) is 32.3 Å². The maximum atomic E-state index is 15.0. The van der Waals surface area contributed by atoms with E-state index in [4.69, 9.17) is 11.6 Å². The Bertz CT molecular complexity index is 876. The van der Waals surface area contributed by atoms with E-state index < -0.39 is 17.7 Å². The van der Waals surface area contributed by atoms with E-state index >= 15 is 0 Å². The number of aliphatic hydroxyl groups excluding tert-OH is 1. The van der Waals surface area contributed by atoms with E-state index in [9.17, 15) is 13.9 Å². The molecule has 3 rings (SSSR count). The van der Waals surface area contributed by atoms with Crippen LogP contribution in [0.5, 0.6) is 0 Å². The number of allylic oxidation sites excluding steroid dienone is 2. The SMILES string of the molecule is OC1C(F)=CC(Br)=CC1(F)NCc1ccccc1Sc1cccc(Cl)c1. The standard InChI is InChI=1S/C19H15BrClF2NOS/c20-13-8-16(22)18(25)19(23,10-13)24-11-12-4-1-2-7-17(12)26-15-6-3-5-14(21)9-15/h1-10,18,24-25H,11H2. The van der Waals surface area contributed by atoms with Gasteiger partial charge < -0.3 is 5.11 Å². The van der Waals surface area contributed by atoms with Crippen LogP contribution in [0.15, 0.2) is 80.8 Å². The van der Waals surface area contributed by atoms with Gasteiger partial charge in [-0.2, -0.15) is 0 Å². The Labute approximate surface area is 168 Å². The van der Waals surface area contributed by atoms with Crippen LogP contribution < -0.4 is 5.32 Å². The van der Waals surface area contributed by atoms with Crippen LogP contribution in [-0.2, 0) is 6.54 Å². The number of nitrogens with one attached hydrogen (secondary N) is 1. The van der Waals surface area contributed by atoms with Gasteiger partial charge in [-0.25, -0.2) is 8.78 Å². The molecule has 2 aromatic carbocycles. The van der Waals surface area contributed by atoms with Gasteiger partial charge in [-0.05, 0) is 42.0 Å². The molecular weight excluding hydrogens is 444 g/mol. The van der Waals surface area contributed by atoms with Crippen molar-refractivity contribution in [2.75, 3.05) is 0 Å². The van der Waals surface area contributed by atoms with Gasteiger partial charge in [0, 0.05) is 25.8 Å². The predicted octanol–water partition coefficient (Wildman–Crippen LogP) is 5.75. The summed E-state index contributed by atoms with van der Waals surface area (Å²) < 4.78 is 28.9. The molecule has 0 amide bonds. The number of alkyl halides is 1. The first-order valence-corrected chi connectivity index (χ1v) is 9.75. The van der Waals surface area contributed by atoms with Crippen LogP contribution in [0, 0.1) is 0 Å². The molecule has 0 aliphatic heterocycles. The van der Waals surface area contributed by atoms with E-state index in [0.717, 1.165) is 27.5 Å². The summed E-state index contributed by atoms with van der Waals surface area (Å²) in [6, 6.07) is 14.9. The van der Waals surface area contributed by atoms with Gasteiger partial charge in [0.05, 0.1) is 0 Å². The van der Waals surface area contributed by atoms with Crippen molar-refractivity contribution in [2.24, 2.45) is 0 Å². The lowest BCUT2D eigenvalue weighted by Crippen LogP contribution is -2.50. The summed E-state index contributed by atoms with van der Waals surface area (Å²) in [5.41, 5.74) is 0.821. The molecule has 0 spiro atoms. The molecule has 0 fully saturated rings. The molecular formula is C19H15BrClF2NOS. The van der Waals surface area contributed by atoms with Gasteiger partial charge in [0.25, 0.3) is 0 Å². The lowest BCUT2D eigenvalue weighted by molar-refractivity contribution is 0.00812. The number of rotatable bonds is 5. The molecule has 2 unspecified atom stereocenters. The van der Waals surface area contributed by atoms with Crippen molar-refractivity contribution in [3.63, 3.8) is 0 Å². The smallest absolute Gasteiger partial charge is 0.214 e. The van der Waals surface area contributed by atoms with Crippen LogP contribution >= 0.6 is 39.3 Å². The largest absolute Gasteiger partial charge is 0.381 e. The van der Waals surface area contributed by atoms with Gasteiger partial charge in [0.15, 0.2) is 6.10 Å². The lowest BCUT2D eigenvalue weighted by Gasteiger charge is -2.30. The molecule has 136 valence electrons. The van der Waals surface area contributed by atoms with Crippen molar-refractivity contribution >= 4 is 39.3 Å². The average Bonchev–Trinajstić information content (AvgIpc) is 2.59. The molecule has 0 saturated heterocycles. The number of hydrogen-bond acceptors (Lipinski definition) is 3. The third kappa shape index (κ3) is 4.56. The summed E-state index contributed by atoms with van der Waals surface area (Å²) in [5, 5.41) is 13.1. The molecule has 0 radical (unpaired) electrons. The van der Waals surface area contributed by atoms with Crippen molar-refractivity contribution in [1.29, 1.82) is 0 Å². The van der Waals surface area contributed by atoms with Crippen LogP contribution in [0.25, 0.3) is 0 Å². The molecule has 1 aliphatic carbocycles. The van der Waals surface area contributed by atoms with E-state index in [1.54, 1.807) is 6.07 Å². The second kappa shape index (κ2) is 8.23. The van der Waals surface area contributed by atoms with Gasteiger partial charge in [-0.1, -0.05) is 63.6 Å². The Hall–Kier alpha value is -1.18. The highest BCUT2D eigenvalue weighted by Gasteiger charge is 2.41. The normalized spacial score (nSPS) is 22.7. The maximum Gasteiger partial charge on any atom is 0.214 e. The summed E-state index contributed by atoms with van der Waals surface area (Å²) in [5.74, 6) is -3.33. The number of aliphatic hydroxyl groups is 1. The lowest BCUT2D eigenvalue weighted by atomic mass is 10.0. The quantitative estimate of drug-likeness (QED) is 0.559. The van der Waals surface area contributed by atoms with Crippen molar-refractivity contribution in [1.82, 2.24) is 5.32 Å². The van der Waals surface area contributed by atoms with Crippen LogP contribution in [0.4, 0.5) is 8.78 Å². The zero-order valence-electron chi connectivity index (χ0n) is 13.4. The van der Waals surface area contributed by atoms with Crippen molar-refractivity contribution < 1.29 is 13.9 Å². The molecule has 26 heavy (non-hydrogen) atoms. The van der Waals surface area contributed by atoms with E-state index in [1.807, 2.05) is 42.5 Å².